The van der Waals surface area contributed by atoms with Crippen molar-refractivity contribution in [1.29, 1.82) is 0 Å². The Kier molecular flexibility index (Phi) is 3.94. The van der Waals surface area contributed by atoms with Gasteiger partial charge < -0.3 is 4.90 Å². The van der Waals surface area contributed by atoms with E-state index in [2.05, 4.69) is 15.9 Å². The number of benzene rings is 1. The average molecular weight is 296 g/mol. The summed E-state index contributed by atoms with van der Waals surface area (Å²) >= 11 is 3.37. The summed E-state index contributed by atoms with van der Waals surface area (Å²) < 4.78 is 0. The van der Waals surface area contributed by atoms with Crippen molar-refractivity contribution < 1.29 is 9.59 Å². The molecule has 1 saturated heterocycles. The lowest BCUT2D eigenvalue weighted by Crippen LogP contribution is -2.38. The minimum atomic E-state index is 0.0265. The van der Waals surface area contributed by atoms with Crippen molar-refractivity contribution in [2.24, 2.45) is 0 Å². The van der Waals surface area contributed by atoms with Crippen LogP contribution in [0.3, 0.4) is 0 Å². The fourth-order valence-electron chi connectivity index (χ4n) is 1.88. The van der Waals surface area contributed by atoms with Crippen molar-refractivity contribution in [1.82, 2.24) is 4.90 Å². The van der Waals surface area contributed by atoms with Crippen LogP contribution in [0, 0.1) is 0 Å². The largest absolute Gasteiger partial charge is 0.338 e. The first-order chi connectivity index (χ1) is 8.20. The Labute approximate surface area is 109 Å². The van der Waals surface area contributed by atoms with Gasteiger partial charge in [0, 0.05) is 36.8 Å². The highest BCUT2D eigenvalue weighted by atomic mass is 79.9. The Morgan fingerprint density at radius 1 is 1.18 bits per heavy atom. The van der Waals surface area contributed by atoms with E-state index in [0.29, 0.717) is 31.5 Å². The molecule has 4 heteroatoms. The third-order valence-electron chi connectivity index (χ3n) is 2.96. The van der Waals surface area contributed by atoms with Crippen LogP contribution in [0.2, 0.25) is 0 Å². The number of rotatable bonds is 2. The lowest BCUT2D eigenvalue weighted by atomic mass is 10.1. The topological polar surface area (TPSA) is 37.4 Å². The molecule has 17 heavy (non-hydrogen) atoms. The number of piperidine rings is 1. The summed E-state index contributed by atoms with van der Waals surface area (Å²) in [6.07, 6.45) is 0.983. The molecule has 0 aromatic heterocycles. The fraction of sp³-hybridized carbons (Fsp3) is 0.385. The quantitative estimate of drug-likeness (QED) is 0.786. The first-order valence-electron chi connectivity index (χ1n) is 5.66. The third kappa shape index (κ3) is 2.94. The predicted octanol–water partition coefficient (Wildman–Crippen LogP) is 2.39. The van der Waals surface area contributed by atoms with Crippen molar-refractivity contribution in [2.75, 3.05) is 13.1 Å². The Balaban J connectivity index is 2.05. The van der Waals surface area contributed by atoms with Gasteiger partial charge in [-0.05, 0) is 17.7 Å². The minimum Gasteiger partial charge on any atom is -0.338 e. The van der Waals surface area contributed by atoms with Gasteiger partial charge in [-0.2, -0.15) is 0 Å². The first-order valence-corrected chi connectivity index (χ1v) is 6.79. The number of likely N-dealkylation sites (tertiary alicyclic amines) is 1. The molecule has 1 aromatic carbocycles. The van der Waals surface area contributed by atoms with Crippen LogP contribution in [-0.4, -0.2) is 29.7 Å². The standard InChI is InChI=1S/C13H14BrNO2/c14-9-10-1-3-11(4-2-10)13(17)15-7-5-12(16)6-8-15/h1-4H,5-9H2. The van der Waals surface area contributed by atoms with Gasteiger partial charge in [0.15, 0.2) is 0 Å². The van der Waals surface area contributed by atoms with E-state index in [4.69, 9.17) is 0 Å². The van der Waals surface area contributed by atoms with Crippen molar-refractivity contribution >= 4 is 27.6 Å². The van der Waals surface area contributed by atoms with Crippen LogP contribution < -0.4 is 0 Å². The minimum absolute atomic E-state index is 0.0265. The smallest absolute Gasteiger partial charge is 0.253 e. The molecule has 90 valence electrons. The van der Waals surface area contributed by atoms with E-state index >= 15 is 0 Å². The lowest BCUT2D eigenvalue weighted by Gasteiger charge is -2.26. The van der Waals surface area contributed by atoms with E-state index in [1.165, 1.54) is 0 Å². The molecule has 0 unspecified atom stereocenters. The van der Waals surface area contributed by atoms with Crippen LogP contribution in [-0.2, 0) is 10.1 Å². The summed E-state index contributed by atoms with van der Waals surface area (Å²) in [4.78, 5) is 25.0. The third-order valence-corrected chi connectivity index (χ3v) is 3.61. The van der Waals surface area contributed by atoms with Gasteiger partial charge in [0.25, 0.3) is 5.91 Å². The molecular formula is C13H14BrNO2. The number of carbonyl (C=O) groups excluding carboxylic acids is 2. The Morgan fingerprint density at radius 2 is 1.76 bits per heavy atom. The van der Waals surface area contributed by atoms with Crippen LogP contribution in [0.4, 0.5) is 0 Å². The van der Waals surface area contributed by atoms with Gasteiger partial charge in [-0.15, -0.1) is 0 Å². The maximum absolute atomic E-state index is 12.1. The molecule has 0 saturated carbocycles. The SMILES string of the molecule is O=C1CCN(C(=O)c2ccc(CBr)cc2)CC1. The highest BCUT2D eigenvalue weighted by molar-refractivity contribution is 9.08. The summed E-state index contributed by atoms with van der Waals surface area (Å²) in [6.45, 7) is 1.11. The predicted molar refractivity (Wildman–Crippen MR) is 69.2 cm³/mol. The van der Waals surface area contributed by atoms with Crippen LogP contribution in [0.5, 0.6) is 0 Å². The molecule has 2 rings (SSSR count). The Bertz CT molecular complexity index is 418. The highest BCUT2D eigenvalue weighted by Crippen LogP contribution is 2.13. The van der Waals surface area contributed by atoms with Crippen LogP contribution in [0.1, 0.15) is 28.8 Å². The van der Waals surface area contributed by atoms with Crippen LogP contribution >= 0.6 is 15.9 Å². The molecule has 1 fully saturated rings. The number of halogens is 1. The van der Waals surface area contributed by atoms with Crippen molar-refractivity contribution in [2.45, 2.75) is 18.2 Å². The first kappa shape index (κ1) is 12.3. The summed E-state index contributed by atoms with van der Waals surface area (Å²) in [6, 6.07) is 7.57. The number of Topliss-reactive ketones (excluding diaryl/α,β-unsaturated/α-hetero) is 1. The van der Waals surface area contributed by atoms with Gasteiger partial charge >= 0.3 is 0 Å². The Hall–Kier alpha value is -1.16. The van der Waals surface area contributed by atoms with Crippen LogP contribution in [0.25, 0.3) is 0 Å². The molecule has 0 N–H and O–H groups in total. The molecule has 1 aliphatic heterocycles. The number of ketones is 1. The van der Waals surface area contributed by atoms with E-state index in [9.17, 15) is 9.59 Å². The summed E-state index contributed by atoms with van der Waals surface area (Å²) in [5.41, 5.74) is 1.85. The number of nitrogens with zero attached hydrogens (tertiary/aromatic N) is 1. The van der Waals surface area contributed by atoms with Gasteiger partial charge in [-0.3, -0.25) is 9.59 Å². The monoisotopic (exact) mass is 295 g/mol. The number of alkyl halides is 1. The maximum atomic E-state index is 12.1. The second kappa shape index (κ2) is 5.45. The number of amides is 1. The van der Waals surface area contributed by atoms with Gasteiger partial charge in [-0.25, -0.2) is 0 Å². The van der Waals surface area contributed by atoms with E-state index in [1.807, 2.05) is 24.3 Å². The van der Waals surface area contributed by atoms with Crippen molar-refractivity contribution in [3.63, 3.8) is 0 Å². The molecule has 0 atom stereocenters. The van der Waals surface area contributed by atoms with Crippen molar-refractivity contribution in [3.05, 3.63) is 35.4 Å². The van der Waals surface area contributed by atoms with E-state index in [-0.39, 0.29) is 11.7 Å². The van der Waals surface area contributed by atoms with Gasteiger partial charge in [0.05, 0.1) is 0 Å². The summed E-state index contributed by atoms with van der Waals surface area (Å²) in [7, 11) is 0. The number of hydrogen-bond acceptors (Lipinski definition) is 2. The zero-order valence-electron chi connectivity index (χ0n) is 9.49. The van der Waals surface area contributed by atoms with Crippen molar-refractivity contribution in [3.8, 4) is 0 Å². The van der Waals surface area contributed by atoms with E-state index < -0.39 is 0 Å². The van der Waals surface area contributed by atoms with Crippen LogP contribution in [0.15, 0.2) is 24.3 Å². The number of hydrogen-bond donors (Lipinski definition) is 0. The molecule has 1 aromatic rings. The zero-order chi connectivity index (χ0) is 12.3. The maximum Gasteiger partial charge on any atom is 0.253 e. The van der Waals surface area contributed by atoms with Gasteiger partial charge in [-0.1, -0.05) is 28.1 Å². The van der Waals surface area contributed by atoms with E-state index in [0.717, 1.165) is 10.9 Å². The fourth-order valence-corrected chi connectivity index (χ4v) is 2.25. The normalized spacial score (nSPS) is 16.1. The molecule has 1 heterocycles. The second-order valence-corrected chi connectivity index (χ2v) is 4.72. The molecular weight excluding hydrogens is 282 g/mol. The lowest BCUT2D eigenvalue weighted by molar-refractivity contribution is -0.120. The zero-order valence-corrected chi connectivity index (χ0v) is 11.1. The average Bonchev–Trinajstić information content (AvgIpc) is 2.39. The summed E-state index contributed by atoms with van der Waals surface area (Å²) in [5, 5.41) is 0.791. The molecule has 1 aliphatic rings. The molecule has 3 nitrogen and oxygen atoms in total. The second-order valence-electron chi connectivity index (χ2n) is 4.16. The highest BCUT2D eigenvalue weighted by Gasteiger charge is 2.21. The molecule has 0 radical (unpaired) electrons. The Morgan fingerprint density at radius 3 is 2.29 bits per heavy atom. The molecule has 0 bridgehead atoms. The summed E-state index contributed by atoms with van der Waals surface area (Å²) in [5.74, 6) is 0.280. The molecule has 0 spiro atoms. The van der Waals surface area contributed by atoms with Gasteiger partial charge in [0.1, 0.15) is 5.78 Å². The number of carbonyl (C=O) groups is 2. The van der Waals surface area contributed by atoms with E-state index in [1.54, 1.807) is 4.90 Å². The molecule has 0 aliphatic carbocycles. The molecule has 1 amide bonds. The van der Waals surface area contributed by atoms with Gasteiger partial charge in [0.2, 0.25) is 0 Å².